The quantitative estimate of drug-likeness (QED) is 0.387. The van der Waals surface area contributed by atoms with Crippen LogP contribution in [-0.4, -0.2) is 64.0 Å². The van der Waals surface area contributed by atoms with E-state index >= 15 is 0 Å². The van der Waals surface area contributed by atoms with Crippen molar-refractivity contribution < 1.29 is 33.0 Å². The molecule has 0 spiro atoms. The van der Waals surface area contributed by atoms with Crippen LogP contribution < -0.4 is 24.8 Å². The van der Waals surface area contributed by atoms with Gasteiger partial charge in [0.1, 0.15) is 31.5 Å². The fourth-order valence-electron chi connectivity index (χ4n) is 4.54. The third-order valence-electron chi connectivity index (χ3n) is 6.61. The largest absolute Gasteiger partial charge is 0.515 e. The summed E-state index contributed by atoms with van der Waals surface area (Å²) in [6, 6.07) is 20.8. The van der Waals surface area contributed by atoms with E-state index in [1.54, 1.807) is 26.4 Å². The van der Waals surface area contributed by atoms with E-state index in [-0.39, 0.29) is 22.5 Å². The van der Waals surface area contributed by atoms with Crippen molar-refractivity contribution in [3.05, 3.63) is 83.4 Å². The molecule has 9 heteroatoms. The summed E-state index contributed by atoms with van der Waals surface area (Å²) in [7, 11) is 6.38. The molecule has 0 bridgehead atoms. The average Bonchev–Trinajstić information content (AvgIpc) is 2.94. The Labute approximate surface area is 222 Å². The van der Waals surface area contributed by atoms with E-state index in [0.717, 1.165) is 11.1 Å². The Bertz CT molecular complexity index is 1270. The van der Waals surface area contributed by atoms with Crippen LogP contribution in [0.1, 0.15) is 21.5 Å². The number of likely N-dealkylation sites (N-methyl/N-ethyl adjacent to an activating group) is 1. The summed E-state index contributed by atoms with van der Waals surface area (Å²) >= 11 is 0. The van der Waals surface area contributed by atoms with Crippen molar-refractivity contribution in [3.8, 4) is 17.2 Å². The second-order valence-corrected chi connectivity index (χ2v) is 9.43. The second kappa shape index (κ2) is 11.9. The van der Waals surface area contributed by atoms with Crippen molar-refractivity contribution in [2.45, 2.75) is 19.2 Å². The van der Waals surface area contributed by atoms with E-state index < -0.39 is 0 Å². The number of nitrogens with zero attached hydrogens (tertiary/aromatic N) is 1. The number of ether oxygens (including phenoxy) is 4. The van der Waals surface area contributed by atoms with Gasteiger partial charge in [-0.15, -0.1) is 0 Å². The van der Waals surface area contributed by atoms with Crippen LogP contribution in [-0.2, 0) is 17.9 Å². The summed E-state index contributed by atoms with van der Waals surface area (Å²) in [5.74, 6) is 1.54. The third kappa shape index (κ3) is 6.18. The van der Waals surface area contributed by atoms with Crippen molar-refractivity contribution in [1.82, 2.24) is 5.32 Å². The third-order valence-corrected chi connectivity index (χ3v) is 6.61. The van der Waals surface area contributed by atoms with Crippen LogP contribution in [0.3, 0.4) is 0 Å². The van der Waals surface area contributed by atoms with Crippen molar-refractivity contribution in [2.75, 3.05) is 46.8 Å². The lowest BCUT2D eigenvalue weighted by atomic mass is 10.0. The highest BCUT2D eigenvalue weighted by Gasteiger charge is 2.48. The number of hydrogen-bond acceptors (Lipinski definition) is 7. The molecule has 4 rings (SSSR count). The lowest BCUT2D eigenvalue weighted by molar-refractivity contribution is -0.878. The van der Waals surface area contributed by atoms with Gasteiger partial charge < -0.3 is 29.6 Å². The number of benzene rings is 3. The van der Waals surface area contributed by atoms with E-state index in [1.165, 1.54) is 7.11 Å². The molecule has 0 unspecified atom stereocenters. The fourth-order valence-corrected chi connectivity index (χ4v) is 4.54. The first-order valence-corrected chi connectivity index (χ1v) is 12.3. The maximum absolute atomic E-state index is 13.4. The van der Waals surface area contributed by atoms with Crippen LogP contribution in [0.25, 0.3) is 0 Å². The molecule has 1 heterocycles. The Morgan fingerprint density at radius 3 is 2.32 bits per heavy atom. The molecule has 1 saturated heterocycles. The number of carbonyl (C=O) groups is 2. The van der Waals surface area contributed by atoms with Crippen LogP contribution in [0.15, 0.2) is 66.7 Å². The lowest BCUT2D eigenvalue weighted by Gasteiger charge is -2.43. The molecule has 0 aliphatic carbocycles. The molecule has 2 N–H and O–H groups in total. The lowest BCUT2D eigenvalue weighted by Crippen LogP contribution is -2.69. The van der Waals surface area contributed by atoms with Gasteiger partial charge in [-0.1, -0.05) is 36.4 Å². The van der Waals surface area contributed by atoms with E-state index in [4.69, 9.17) is 18.9 Å². The number of carbonyl (C=O) groups excluding carboxylic acids is 2. The van der Waals surface area contributed by atoms with Gasteiger partial charge in [0.25, 0.3) is 5.91 Å². The molecule has 2 amide bonds. The first-order chi connectivity index (χ1) is 18.3. The first kappa shape index (κ1) is 26.8. The van der Waals surface area contributed by atoms with Crippen LogP contribution >= 0.6 is 0 Å². The predicted molar refractivity (Wildman–Crippen MR) is 144 cm³/mol. The highest BCUT2D eigenvalue weighted by atomic mass is 16.5. The number of quaternary nitrogens is 1. The van der Waals surface area contributed by atoms with Crippen molar-refractivity contribution in [2.24, 2.45) is 0 Å². The maximum Gasteiger partial charge on any atom is 0.515 e. The zero-order valence-corrected chi connectivity index (χ0v) is 22.2. The van der Waals surface area contributed by atoms with Gasteiger partial charge in [0.2, 0.25) is 0 Å². The van der Waals surface area contributed by atoms with Gasteiger partial charge in [0, 0.05) is 12.2 Å². The molecule has 1 aliphatic heterocycles. The highest BCUT2D eigenvalue weighted by Crippen LogP contribution is 2.29. The standard InChI is InChI=1S/C29H33N3O6/c1-32(29(34)37-4)17-22(18-32)31-25-12-11-23(38-19-20-8-6-5-7-9-20)15-24(25)28(33)30-16-21-10-13-26(35-2)27(14-21)36-3/h5-15,22H,16-19H2,1-4H3,(H-,30,31,33)/p+1. The fraction of sp³-hybridized carbons (Fsp3) is 0.310. The maximum atomic E-state index is 13.4. The Kier molecular flexibility index (Phi) is 8.38. The normalized spacial score (nSPS) is 18.1. The van der Waals surface area contributed by atoms with E-state index in [9.17, 15) is 9.59 Å². The van der Waals surface area contributed by atoms with Crippen molar-refractivity contribution >= 4 is 17.7 Å². The molecule has 0 radical (unpaired) electrons. The summed E-state index contributed by atoms with van der Waals surface area (Å²) in [5, 5.41) is 6.41. The summed E-state index contributed by atoms with van der Waals surface area (Å²) in [4.78, 5) is 25.4. The molecule has 1 fully saturated rings. The van der Waals surface area contributed by atoms with Crippen molar-refractivity contribution in [3.63, 3.8) is 0 Å². The average molecular weight is 521 g/mol. The summed E-state index contributed by atoms with van der Waals surface area (Å²) in [6.07, 6.45) is -0.277. The molecule has 0 atom stereocenters. The zero-order valence-electron chi connectivity index (χ0n) is 22.2. The SMILES string of the molecule is COC(=O)[N+]1(C)CC(Nc2ccc(OCc3ccccc3)cc2C(=O)NCc2ccc(OC)c(OC)c2)C1. The van der Waals surface area contributed by atoms with E-state index in [1.807, 2.05) is 61.6 Å². The minimum Gasteiger partial charge on any atom is -0.493 e. The van der Waals surface area contributed by atoms with Crippen LogP contribution in [0.4, 0.5) is 10.5 Å². The molecule has 200 valence electrons. The van der Waals surface area contributed by atoms with Crippen LogP contribution in [0.2, 0.25) is 0 Å². The van der Waals surface area contributed by atoms with Crippen LogP contribution in [0, 0.1) is 0 Å². The molecule has 1 aliphatic rings. The minimum absolute atomic E-state index is 0.0209. The molecular weight excluding hydrogens is 486 g/mol. The Morgan fingerprint density at radius 1 is 0.895 bits per heavy atom. The van der Waals surface area contributed by atoms with E-state index in [0.29, 0.717) is 54.7 Å². The van der Waals surface area contributed by atoms with E-state index in [2.05, 4.69) is 10.6 Å². The summed E-state index contributed by atoms with van der Waals surface area (Å²) < 4.78 is 21.7. The zero-order chi connectivity index (χ0) is 27.1. The second-order valence-electron chi connectivity index (χ2n) is 9.43. The minimum atomic E-state index is -0.277. The smallest absolute Gasteiger partial charge is 0.493 e. The van der Waals surface area contributed by atoms with Gasteiger partial charge in [0.15, 0.2) is 11.5 Å². The van der Waals surface area contributed by atoms with Crippen LogP contribution in [0.5, 0.6) is 17.2 Å². The molecule has 38 heavy (non-hydrogen) atoms. The number of likely N-dealkylation sites (tertiary alicyclic amines) is 1. The topological polar surface area (TPSA) is 95.1 Å². The molecule has 3 aromatic rings. The van der Waals surface area contributed by atoms with Gasteiger partial charge in [0.05, 0.1) is 33.9 Å². The van der Waals surface area contributed by atoms with Crippen molar-refractivity contribution in [1.29, 1.82) is 0 Å². The Balaban J connectivity index is 1.50. The number of amides is 2. The molecule has 0 saturated carbocycles. The summed E-state index contributed by atoms with van der Waals surface area (Å²) in [6.45, 7) is 1.81. The van der Waals surface area contributed by atoms with Gasteiger partial charge >= 0.3 is 6.09 Å². The molecular formula is C29H34N3O6+. The monoisotopic (exact) mass is 520 g/mol. The predicted octanol–water partition coefficient (Wildman–Crippen LogP) is 4.22. The Hall–Kier alpha value is -4.24. The first-order valence-electron chi connectivity index (χ1n) is 12.3. The number of methoxy groups -OCH3 is 3. The molecule has 3 aromatic carbocycles. The summed E-state index contributed by atoms with van der Waals surface area (Å²) in [5.41, 5.74) is 3.02. The molecule has 0 aromatic heterocycles. The molecule has 9 nitrogen and oxygen atoms in total. The van der Waals surface area contributed by atoms with Gasteiger partial charge in [-0.2, -0.15) is 4.79 Å². The van der Waals surface area contributed by atoms with Gasteiger partial charge in [-0.25, -0.2) is 4.48 Å². The number of nitrogens with one attached hydrogen (secondary N) is 2. The van der Waals surface area contributed by atoms with Gasteiger partial charge in [-0.05, 0) is 41.5 Å². The number of rotatable bonds is 10. The number of hydrogen-bond donors (Lipinski definition) is 2. The van der Waals surface area contributed by atoms with Gasteiger partial charge in [-0.3, -0.25) is 4.79 Å². The number of anilines is 1. The highest BCUT2D eigenvalue weighted by molar-refractivity contribution is 6.00. The Morgan fingerprint density at radius 2 is 1.63 bits per heavy atom.